The Kier molecular flexibility index (Phi) is 7.70. The van der Waals surface area contributed by atoms with Crippen LogP contribution < -0.4 is 0 Å². The van der Waals surface area contributed by atoms with E-state index in [9.17, 15) is 14.4 Å². The zero-order chi connectivity index (χ0) is 21.5. The van der Waals surface area contributed by atoms with Crippen LogP contribution in [0.2, 0.25) is 0 Å². The van der Waals surface area contributed by atoms with Crippen LogP contribution in [0.4, 0.5) is 0 Å². The van der Waals surface area contributed by atoms with Gasteiger partial charge in [0.2, 0.25) is 11.3 Å². The number of nitrogens with zero attached hydrogens (tertiary/aromatic N) is 2. The third-order valence-corrected chi connectivity index (χ3v) is 6.50. The predicted octanol–water partition coefficient (Wildman–Crippen LogP) is 3.91. The van der Waals surface area contributed by atoms with Gasteiger partial charge in [-0.2, -0.15) is 5.10 Å². The van der Waals surface area contributed by atoms with Crippen LogP contribution in [0, 0.1) is 5.92 Å². The smallest absolute Gasteiger partial charge is 0.342 e. The first-order chi connectivity index (χ1) is 14.5. The summed E-state index contributed by atoms with van der Waals surface area (Å²) < 4.78 is 5.47. The molecule has 0 spiro atoms. The molecule has 0 fully saturated rings. The van der Waals surface area contributed by atoms with Gasteiger partial charge in [-0.1, -0.05) is 91.1 Å². The Bertz CT molecular complexity index is 935. The number of benzene rings is 2. The van der Waals surface area contributed by atoms with Crippen molar-refractivity contribution in [1.82, 2.24) is 5.01 Å². The van der Waals surface area contributed by atoms with Crippen molar-refractivity contribution in [3.05, 3.63) is 71.8 Å². The molecule has 1 amide bonds. The van der Waals surface area contributed by atoms with Crippen LogP contribution in [0.1, 0.15) is 25.0 Å². The molecule has 2 atom stereocenters. The topological polar surface area (TPSA) is 76.0 Å². The van der Waals surface area contributed by atoms with E-state index in [1.54, 1.807) is 6.92 Å². The third-order valence-electron chi connectivity index (χ3n) is 4.27. The summed E-state index contributed by atoms with van der Waals surface area (Å²) in [7, 11) is 0. The predicted molar refractivity (Wildman–Crippen MR) is 120 cm³/mol. The molecule has 1 aliphatic heterocycles. The molecule has 2 aromatic rings. The highest BCUT2D eigenvalue weighted by molar-refractivity contribution is 8.15. The minimum Gasteiger partial charge on any atom is -0.459 e. The number of carbonyl (C=O) groups excluding carboxylic acids is 3. The van der Waals surface area contributed by atoms with Crippen LogP contribution >= 0.6 is 23.5 Å². The number of hydrogen-bond donors (Lipinski definition) is 0. The van der Waals surface area contributed by atoms with Gasteiger partial charge in [0.25, 0.3) is 0 Å². The minimum atomic E-state index is -0.902. The molecular formula is C22H22N2O4S2. The summed E-state index contributed by atoms with van der Waals surface area (Å²) in [6.45, 7) is 3.31. The van der Waals surface area contributed by atoms with Crippen molar-refractivity contribution in [1.29, 1.82) is 0 Å². The zero-order valence-corrected chi connectivity index (χ0v) is 18.3. The summed E-state index contributed by atoms with van der Waals surface area (Å²) in [6, 6.07) is 18.7. The van der Waals surface area contributed by atoms with Gasteiger partial charge >= 0.3 is 5.97 Å². The highest BCUT2D eigenvalue weighted by Gasteiger charge is 2.40. The number of rotatable bonds is 7. The van der Waals surface area contributed by atoms with Gasteiger partial charge in [0.15, 0.2) is 5.12 Å². The normalized spacial score (nSPS) is 16.7. The van der Waals surface area contributed by atoms with Gasteiger partial charge in [0, 0.05) is 24.2 Å². The zero-order valence-electron chi connectivity index (χ0n) is 16.7. The monoisotopic (exact) mass is 442 g/mol. The summed E-state index contributed by atoms with van der Waals surface area (Å²) in [5, 5.41) is 5.25. The number of carbonyl (C=O) groups is 3. The Labute approximate surface area is 184 Å². The Balaban J connectivity index is 1.76. The number of thioether (sulfide) groups is 2. The van der Waals surface area contributed by atoms with Gasteiger partial charge < -0.3 is 4.74 Å². The Morgan fingerprint density at radius 3 is 2.37 bits per heavy atom. The Morgan fingerprint density at radius 2 is 1.73 bits per heavy atom. The van der Waals surface area contributed by atoms with Gasteiger partial charge in [0.1, 0.15) is 11.7 Å². The first-order valence-corrected chi connectivity index (χ1v) is 11.3. The standard InChI is InChI=1S/C22H22N2O4S2/c1-15(14-29-16(2)25)20(26)24-21(22(27)28-13-17-9-5-3-6-10-17)30-19(23-24)18-11-7-4-8-12-18/h3-12,15,21H,13-14H2,1-2H3/t15-,21?/m1/s1. The lowest BCUT2D eigenvalue weighted by Crippen LogP contribution is -2.41. The fourth-order valence-corrected chi connectivity index (χ4v) is 4.35. The first kappa shape index (κ1) is 22.1. The molecule has 0 aliphatic carbocycles. The summed E-state index contributed by atoms with van der Waals surface area (Å²) in [6.07, 6.45) is 0. The van der Waals surface area contributed by atoms with Crippen molar-refractivity contribution in [2.75, 3.05) is 5.75 Å². The van der Waals surface area contributed by atoms with Crippen molar-refractivity contribution in [3.63, 3.8) is 0 Å². The average molecular weight is 443 g/mol. The third kappa shape index (κ3) is 5.73. The molecule has 1 aliphatic rings. The highest BCUT2D eigenvalue weighted by Crippen LogP contribution is 2.32. The number of hydrazone groups is 1. The molecule has 0 radical (unpaired) electrons. The van der Waals surface area contributed by atoms with E-state index in [0.717, 1.165) is 22.9 Å². The van der Waals surface area contributed by atoms with E-state index < -0.39 is 17.3 Å². The number of esters is 1. The van der Waals surface area contributed by atoms with E-state index >= 15 is 0 Å². The lowest BCUT2D eigenvalue weighted by Gasteiger charge is -2.22. The molecule has 1 heterocycles. The maximum absolute atomic E-state index is 13.0. The van der Waals surface area contributed by atoms with E-state index in [1.165, 1.54) is 23.7 Å². The van der Waals surface area contributed by atoms with E-state index in [1.807, 2.05) is 60.7 Å². The molecule has 30 heavy (non-hydrogen) atoms. The molecule has 0 bridgehead atoms. The molecule has 0 saturated heterocycles. The molecule has 0 saturated carbocycles. The van der Waals surface area contributed by atoms with Gasteiger partial charge in [-0.25, -0.2) is 9.80 Å². The van der Waals surface area contributed by atoms with Crippen LogP contribution in [0.25, 0.3) is 0 Å². The van der Waals surface area contributed by atoms with Crippen LogP contribution in [0.5, 0.6) is 0 Å². The molecule has 2 aromatic carbocycles. The number of hydrogen-bond acceptors (Lipinski definition) is 7. The van der Waals surface area contributed by atoms with Crippen LogP contribution in [0.15, 0.2) is 65.8 Å². The Hall–Kier alpha value is -2.58. The van der Waals surface area contributed by atoms with Gasteiger partial charge in [0.05, 0.1) is 0 Å². The molecule has 1 unspecified atom stereocenters. The maximum Gasteiger partial charge on any atom is 0.342 e. The van der Waals surface area contributed by atoms with Crippen LogP contribution in [-0.4, -0.2) is 38.2 Å². The Morgan fingerprint density at radius 1 is 1.10 bits per heavy atom. The van der Waals surface area contributed by atoms with Crippen molar-refractivity contribution in [2.24, 2.45) is 11.0 Å². The van der Waals surface area contributed by atoms with Crippen molar-refractivity contribution >= 4 is 45.6 Å². The van der Waals surface area contributed by atoms with E-state index in [2.05, 4.69) is 5.10 Å². The quantitative estimate of drug-likeness (QED) is 0.605. The fraction of sp³-hybridized carbons (Fsp3) is 0.273. The highest BCUT2D eigenvalue weighted by atomic mass is 32.2. The molecule has 0 N–H and O–H groups in total. The van der Waals surface area contributed by atoms with Crippen LogP contribution in [-0.2, 0) is 25.7 Å². The second kappa shape index (κ2) is 10.4. The van der Waals surface area contributed by atoms with E-state index in [4.69, 9.17) is 4.74 Å². The largest absolute Gasteiger partial charge is 0.459 e. The van der Waals surface area contributed by atoms with Crippen molar-refractivity contribution in [3.8, 4) is 0 Å². The minimum absolute atomic E-state index is 0.0576. The molecule has 0 aromatic heterocycles. The molecule has 8 heteroatoms. The van der Waals surface area contributed by atoms with Gasteiger partial charge in [-0.05, 0) is 5.56 Å². The maximum atomic E-state index is 13.0. The number of amides is 1. The second-order valence-electron chi connectivity index (χ2n) is 6.72. The van der Waals surface area contributed by atoms with E-state index in [0.29, 0.717) is 10.8 Å². The SMILES string of the molecule is CC(=O)SC[C@@H](C)C(=O)N1N=C(c2ccccc2)SC1C(=O)OCc1ccccc1. The van der Waals surface area contributed by atoms with Crippen molar-refractivity contribution < 1.29 is 19.1 Å². The van der Waals surface area contributed by atoms with E-state index in [-0.39, 0.29) is 17.6 Å². The summed E-state index contributed by atoms with van der Waals surface area (Å²) in [5.74, 6) is -0.984. The van der Waals surface area contributed by atoms with Gasteiger partial charge in [-0.15, -0.1) is 0 Å². The molecule has 156 valence electrons. The van der Waals surface area contributed by atoms with Gasteiger partial charge in [-0.3, -0.25) is 9.59 Å². The van der Waals surface area contributed by atoms with Crippen molar-refractivity contribution in [2.45, 2.75) is 25.8 Å². The lowest BCUT2D eigenvalue weighted by molar-refractivity contribution is -0.152. The average Bonchev–Trinajstić information content (AvgIpc) is 3.22. The molecular weight excluding hydrogens is 420 g/mol. The summed E-state index contributed by atoms with van der Waals surface area (Å²) in [4.78, 5) is 37.1. The van der Waals surface area contributed by atoms with Crippen LogP contribution in [0.3, 0.4) is 0 Å². The molecule has 3 rings (SSSR count). The lowest BCUT2D eigenvalue weighted by atomic mass is 10.2. The fourth-order valence-electron chi connectivity index (χ4n) is 2.69. The second-order valence-corrected chi connectivity index (χ2v) is 8.99. The summed E-state index contributed by atoms with van der Waals surface area (Å²) in [5.41, 5.74) is 1.69. The first-order valence-electron chi connectivity index (χ1n) is 9.43. The molecule has 6 nitrogen and oxygen atoms in total. The summed E-state index contributed by atoms with van der Waals surface area (Å²) >= 11 is 2.28. The number of ether oxygens (including phenoxy) is 1.